The van der Waals surface area contributed by atoms with E-state index in [1.165, 1.54) is 5.56 Å². The second-order valence-corrected chi connectivity index (χ2v) is 8.04. The first-order valence-electron chi connectivity index (χ1n) is 9.33. The van der Waals surface area contributed by atoms with Gasteiger partial charge in [-0.3, -0.25) is 4.79 Å². The minimum atomic E-state index is 0. The minimum Gasteiger partial charge on any atom is -0.352 e. The Hall–Kier alpha value is -1.73. The highest BCUT2D eigenvalue weighted by Gasteiger charge is 2.16. The molecule has 1 atom stereocenters. The summed E-state index contributed by atoms with van der Waals surface area (Å²) in [5, 5.41) is 6.46. The van der Waals surface area contributed by atoms with Crippen molar-refractivity contribution < 1.29 is 4.79 Å². The summed E-state index contributed by atoms with van der Waals surface area (Å²) in [5.74, 6) is 2.26. The molecule has 1 aliphatic rings. The predicted octanol–water partition coefficient (Wildman–Crippen LogP) is 3.64. The number of rotatable bonds is 6. The largest absolute Gasteiger partial charge is 0.352 e. The fraction of sp³-hybridized carbons (Fsp3) is 0.333. The molecule has 2 N–H and O–H groups in total. The lowest BCUT2D eigenvalue weighted by atomic mass is 10.1. The predicted molar refractivity (Wildman–Crippen MR) is 125 cm³/mol. The first-order valence-corrected chi connectivity index (χ1v) is 10.5. The first kappa shape index (κ1) is 23.5. The Morgan fingerprint density at radius 3 is 2.83 bits per heavy atom. The zero-order valence-corrected chi connectivity index (χ0v) is 18.5. The number of hydrogen-bond acceptors (Lipinski definition) is 4. The molecule has 0 radical (unpaired) electrons. The van der Waals surface area contributed by atoms with Crippen molar-refractivity contribution in [2.45, 2.75) is 25.6 Å². The first-order chi connectivity index (χ1) is 13.3. The van der Waals surface area contributed by atoms with E-state index in [1.54, 1.807) is 0 Å². The van der Waals surface area contributed by atoms with E-state index in [0.717, 1.165) is 41.2 Å². The van der Waals surface area contributed by atoms with Gasteiger partial charge in [0.15, 0.2) is 0 Å². The third-order valence-corrected chi connectivity index (χ3v) is 5.92. The van der Waals surface area contributed by atoms with Gasteiger partial charge in [0.1, 0.15) is 0 Å². The quantitative estimate of drug-likeness (QED) is 0.599. The zero-order valence-electron chi connectivity index (χ0n) is 16.0. The Bertz CT molecular complexity index is 928. The van der Waals surface area contributed by atoms with Crippen molar-refractivity contribution in [3.63, 3.8) is 0 Å². The van der Waals surface area contributed by atoms with Crippen LogP contribution in [0.2, 0.25) is 0 Å². The van der Waals surface area contributed by atoms with Crippen LogP contribution >= 0.6 is 36.6 Å². The fourth-order valence-electron chi connectivity index (χ4n) is 3.42. The molecule has 0 saturated carbocycles. The van der Waals surface area contributed by atoms with Crippen molar-refractivity contribution >= 4 is 53.5 Å². The van der Waals surface area contributed by atoms with Crippen LogP contribution in [0.4, 0.5) is 0 Å². The van der Waals surface area contributed by atoms with Gasteiger partial charge in [0.2, 0.25) is 5.91 Å². The van der Waals surface area contributed by atoms with Gasteiger partial charge >= 0.3 is 0 Å². The lowest BCUT2D eigenvalue weighted by Crippen LogP contribution is -2.41. The number of carbonyl (C=O) groups excluding carboxylic acids is 1. The van der Waals surface area contributed by atoms with Crippen LogP contribution in [0, 0.1) is 0 Å². The van der Waals surface area contributed by atoms with Gasteiger partial charge in [0, 0.05) is 43.6 Å². The number of thioether (sulfide) groups is 1. The molecule has 0 spiro atoms. The summed E-state index contributed by atoms with van der Waals surface area (Å²) < 4.78 is 2.15. The molecule has 156 valence electrons. The fourth-order valence-corrected chi connectivity index (χ4v) is 4.37. The lowest BCUT2D eigenvalue weighted by molar-refractivity contribution is -0.121. The normalized spacial score (nSPS) is 15.9. The Kier molecular flexibility index (Phi) is 9.30. The monoisotopic (exact) mass is 452 g/mol. The van der Waals surface area contributed by atoms with Crippen molar-refractivity contribution in [1.82, 2.24) is 20.2 Å². The number of aromatic nitrogens is 2. The van der Waals surface area contributed by atoms with Gasteiger partial charge in [-0.2, -0.15) is 11.8 Å². The molecule has 1 aliphatic heterocycles. The topological polar surface area (TPSA) is 59.0 Å². The highest BCUT2D eigenvalue weighted by molar-refractivity contribution is 7.99. The molecule has 1 unspecified atom stereocenters. The maximum atomic E-state index is 12.2. The van der Waals surface area contributed by atoms with E-state index < -0.39 is 0 Å². The molecule has 1 saturated heterocycles. The third-order valence-electron chi connectivity index (χ3n) is 4.79. The number of fused-ring (bicyclic) bond motifs is 1. The van der Waals surface area contributed by atoms with Gasteiger partial charge in [0.25, 0.3) is 0 Å². The van der Waals surface area contributed by atoms with Gasteiger partial charge in [-0.05, 0) is 23.3 Å². The summed E-state index contributed by atoms with van der Waals surface area (Å²) in [6, 6.07) is 16.8. The molecule has 4 rings (SSSR count). The van der Waals surface area contributed by atoms with Crippen molar-refractivity contribution in [1.29, 1.82) is 0 Å². The maximum Gasteiger partial charge on any atom is 0.221 e. The number of amides is 1. The Morgan fingerprint density at radius 1 is 1.17 bits per heavy atom. The van der Waals surface area contributed by atoms with Gasteiger partial charge < -0.3 is 15.2 Å². The van der Waals surface area contributed by atoms with E-state index in [1.807, 2.05) is 36.3 Å². The molecule has 8 heteroatoms. The van der Waals surface area contributed by atoms with Crippen LogP contribution in [0.25, 0.3) is 11.0 Å². The number of para-hydroxylation sites is 2. The molecule has 1 aromatic heterocycles. The Balaban J connectivity index is 0.00000150. The summed E-state index contributed by atoms with van der Waals surface area (Å²) in [6.45, 7) is 2.33. The summed E-state index contributed by atoms with van der Waals surface area (Å²) in [7, 11) is 0. The number of carbonyl (C=O) groups is 1. The number of nitrogens with one attached hydrogen (secondary N) is 2. The van der Waals surface area contributed by atoms with E-state index in [0.29, 0.717) is 19.0 Å². The Labute approximate surface area is 187 Å². The van der Waals surface area contributed by atoms with Crippen molar-refractivity contribution in [3.8, 4) is 0 Å². The van der Waals surface area contributed by atoms with Crippen molar-refractivity contribution in [2.24, 2.45) is 0 Å². The van der Waals surface area contributed by atoms with Crippen LogP contribution < -0.4 is 10.6 Å². The van der Waals surface area contributed by atoms with Gasteiger partial charge in [-0.25, -0.2) is 4.98 Å². The van der Waals surface area contributed by atoms with E-state index in [2.05, 4.69) is 50.5 Å². The lowest BCUT2D eigenvalue weighted by Gasteiger charge is -2.22. The van der Waals surface area contributed by atoms with E-state index >= 15 is 0 Å². The molecule has 2 heterocycles. The van der Waals surface area contributed by atoms with Crippen LogP contribution in [0.15, 0.2) is 54.9 Å². The van der Waals surface area contributed by atoms with Crippen LogP contribution in [-0.2, 0) is 17.9 Å². The van der Waals surface area contributed by atoms with Crippen molar-refractivity contribution in [2.75, 3.05) is 18.1 Å². The molecule has 2 aromatic carbocycles. The highest BCUT2D eigenvalue weighted by atomic mass is 35.5. The summed E-state index contributed by atoms with van der Waals surface area (Å²) >= 11 is 1.91. The standard InChI is InChI=1S/C21H24N4OS.2ClH/c26-21(11-18-14-27-9-8-22-18)23-12-16-4-3-5-17(10-16)13-25-15-24-19-6-1-2-7-20(19)25;;/h1-7,10,15,18,22H,8-9,11-14H2,(H,23,26);2*1H. The average molecular weight is 453 g/mol. The molecule has 1 fully saturated rings. The molecule has 0 aliphatic carbocycles. The van der Waals surface area contributed by atoms with Crippen LogP contribution in [0.5, 0.6) is 0 Å². The number of benzene rings is 2. The van der Waals surface area contributed by atoms with Gasteiger partial charge in [0.05, 0.1) is 17.4 Å². The maximum absolute atomic E-state index is 12.2. The van der Waals surface area contributed by atoms with E-state index in [-0.39, 0.29) is 30.7 Å². The van der Waals surface area contributed by atoms with E-state index in [9.17, 15) is 4.79 Å². The third kappa shape index (κ3) is 6.37. The highest BCUT2D eigenvalue weighted by Crippen LogP contribution is 2.15. The average Bonchev–Trinajstić information content (AvgIpc) is 3.11. The number of halogens is 2. The van der Waals surface area contributed by atoms with Gasteiger partial charge in [-0.15, -0.1) is 24.8 Å². The van der Waals surface area contributed by atoms with Crippen LogP contribution in [-0.4, -0.2) is 39.6 Å². The van der Waals surface area contributed by atoms with Crippen LogP contribution in [0.1, 0.15) is 17.5 Å². The smallest absolute Gasteiger partial charge is 0.221 e. The molecule has 29 heavy (non-hydrogen) atoms. The molecule has 1 amide bonds. The molecule has 3 aromatic rings. The molecule has 0 bridgehead atoms. The second-order valence-electron chi connectivity index (χ2n) is 6.89. The minimum absolute atomic E-state index is 0. The zero-order chi connectivity index (χ0) is 18.5. The van der Waals surface area contributed by atoms with Gasteiger partial charge in [-0.1, -0.05) is 36.4 Å². The molecular formula is C21H26Cl2N4OS. The van der Waals surface area contributed by atoms with E-state index in [4.69, 9.17) is 0 Å². The molecular weight excluding hydrogens is 427 g/mol. The summed E-state index contributed by atoms with van der Waals surface area (Å²) in [4.78, 5) is 16.7. The molecule has 5 nitrogen and oxygen atoms in total. The van der Waals surface area contributed by atoms with Crippen molar-refractivity contribution in [3.05, 3.63) is 66.0 Å². The second kappa shape index (κ2) is 11.5. The summed E-state index contributed by atoms with van der Waals surface area (Å²) in [6.07, 6.45) is 2.43. The van der Waals surface area contributed by atoms with Crippen LogP contribution in [0.3, 0.4) is 0 Å². The summed E-state index contributed by atoms with van der Waals surface area (Å²) in [5.41, 5.74) is 4.47. The number of nitrogens with zero attached hydrogens (tertiary/aromatic N) is 2. The number of imidazole rings is 1. The Morgan fingerprint density at radius 2 is 2.00 bits per heavy atom. The number of hydrogen-bond donors (Lipinski definition) is 2. The SMILES string of the molecule is Cl.Cl.O=C(CC1CSCCN1)NCc1cccc(Cn2cnc3ccccc32)c1.